The molecule has 7 rings (SSSR count). The number of ether oxygens (including phenoxy) is 2. The summed E-state index contributed by atoms with van der Waals surface area (Å²) in [5.41, 5.74) is 2.86. The third kappa shape index (κ3) is 4.05. The van der Waals surface area contributed by atoms with Crippen LogP contribution in [0.1, 0.15) is 57.5 Å². The van der Waals surface area contributed by atoms with Crippen LogP contribution in [-0.2, 0) is 20.5 Å². The van der Waals surface area contributed by atoms with Gasteiger partial charge in [0.1, 0.15) is 5.60 Å². The lowest BCUT2D eigenvalue weighted by molar-refractivity contribution is -0.0448. The van der Waals surface area contributed by atoms with E-state index in [1.54, 1.807) is 0 Å². The summed E-state index contributed by atoms with van der Waals surface area (Å²) in [6.45, 7) is 12.3. The van der Waals surface area contributed by atoms with E-state index in [1.807, 2.05) is 37.4 Å². The molecule has 1 amide bonds. The van der Waals surface area contributed by atoms with Crippen LogP contribution in [-0.4, -0.2) is 52.0 Å². The first-order valence-electron chi connectivity index (χ1n) is 13.0. The summed E-state index contributed by atoms with van der Waals surface area (Å²) in [6, 6.07) is 10.1. The van der Waals surface area contributed by atoms with Crippen molar-refractivity contribution in [2.75, 3.05) is 24.6 Å². The lowest BCUT2D eigenvalue weighted by Gasteiger charge is -2.43. The molecule has 1 aliphatic carbocycles. The highest BCUT2D eigenvalue weighted by atomic mass is 35.5. The molecule has 2 aromatic heterocycles. The number of rotatable bonds is 4. The monoisotopic (exact) mass is 523 g/mol. The van der Waals surface area contributed by atoms with Gasteiger partial charge in [-0.2, -0.15) is 0 Å². The van der Waals surface area contributed by atoms with Crippen LogP contribution >= 0.6 is 11.6 Å². The van der Waals surface area contributed by atoms with Crippen LogP contribution < -0.4 is 10.2 Å². The van der Waals surface area contributed by atoms with Crippen LogP contribution in [0.3, 0.4) is 0 Å². The van der Waals surface area contributed by atoms with E-state index in [-0.39, 0.29) is 17.4 Å². The molecule has 4 atom stereocenters. The summed E-state index contributed by atoms with van der Waals surface area (Å²) < 4.78 is 13.6. The molecule has 8 nitrogen and oxygen atoms in total. The van der Waals surface area contributed by atoms with Gasteiger partial charge < -0.3 is 19.7 Å². The highest BCUT2D eigenvalue weighted by Crippen LogP contribution is 2.54. The molecule has 0 spiro atoms. The normalized spacial score (nSPS) is 29.0. The first-order valence-corrected chi connectivity index (χ1v) is 13.4. The van der Waals surface area contributed by atoms with Gasteiger partial charge in [-0.1, -0.05) is 36.7 Å². The van der Waals surface area contributed by atoms with E-state index in [2.05, 4.69) is 48.5 Å². The summed E-state index contributed by atoms with van der Waals surface area (Å²) in [7, 11) is 0. The number of amides is 1. The van der Waals surface area contributed by atoms with Gasteiger partial charge in [0.2, 0.25) is 0 Å². The van der Waals surface area contributed by atoms with E-state index in [0.29, 0.717) is 12.4 Å². The van der Waals surface area contributed by atoms with Crippen molar-refractivity contribution in [3.05, 3.63) is 58.5 Å². The fourth-order valence-corrected chi connectivity index (χ4v) is 6.58. The summed E-state index contributed by atoms with van der Waals surface area (Å²) in [5.74, 6) is 0.854. The zero-order valence-corrected chi connectivity index (χ0v) is 22.8. The Labute approximate surface area is 222 Å². The van der Waals surface area contributed by atoms with E-state index >= 15 is 0 Å². The first kappa shape index (κ1) is 24.5. The molecule has 0 radical (unpaired) electrons. The number of benzene rings is 1. The third-order valence-corrected chi connectivity index (χ3v) is 8.44. The van der Waals surface area contributed by atoms with E-state index in [0.717, 1.165) is 47.9 Å². The van der Waals surface area contributed by atoms with E-state index in [4.69, 9.17) is 31.2 Å². The van der Waals surface area contributed by atoms with Gasteiger partial charge in [-0.05, 0) is 63.8 Å². The quantitative estimate of drug-likeness (QED) is 0.518. The number of halogens is 1. The number of hydrogen-bond acceptors (Lipinski definition) is 6. The number of aromatic nitrogens is 3. The average molecular weight is 524 g/mol. The molecule has 5 heterocycles. The second-order valence-electron chi connectivity index (χ2n) is 12.1. The van der Waals surface area contributed by atoms with Gasteiger partial charge in [-0.15, -0.1) is 5.10 Å². The molecule has 3 aliphatic heterocycles. The Kier molecular flexibility index (Phi) is 5.52. The Balaban J connectivity index is 1.26. The van der Waals surface area contributed by atoms with Gasteiger partial charge in [-0.3, -0.25) is 0 Å². The standard InChI is InChI=1S/C28H34ClN5O3/c1-17-12-19(33-11-10-27(5,16-33)20-8-6-7-9-21(20)29)14-34-23(17)31-24(32-34)28-13-18(15-36-28)22(28)30-25(35)37-26(2,3)4/h6-9,12,14,18,22H,10-11,13,15-16H2,1-5H3,(H,30,35)/t18?,22?,27-,28?/m0/s1. The zero-order valence-electron chi connectivity index (χ0n) is 22.0. The molecule has 4 fully saturated rings. The minimum atomic E-state index is -0.712. The van der Waals surface area contributed by atoms with Crippen molar-refractivity contribution < 1.29 is 14.3 Å². The van der Waals surface area contributed by atoms with Crippen LogP contribution in [0.4, 0.5) is 10.5 Å². The fourth-order valence-electron chi connectivity index (χ4n) is 6.21. The van der Waals surface area contributed by atoms with Crippen LogP contribution in [0, 0.1) is 12.8 Å². The lowest BCUT2D eigenvalue weighted by atomic mass is 9.69. The largest absolute Gasteiger partial charge is 0.444 e. The predicted molar refractivity (Wildman–Crippen MR) is 142 cm³/mol. The number of anilines is 1. The third-order valence-electron chi connectivity index (χ3n) is 8.11. The highest BCUT2D eigenvalue weighted by molar-refractivity contribution is 6.31. The van der Waals surface area contributed by atoms with E-state index in [1.165, 1.54) is 5.56 Å². The van der Waals surface area contributed by atoms with Gasteiger partial charge in [0, 0.05) is 29.4 Å². The van der Waals surface area contributed by atoms with Crippen molar-refractivity contribution in [2.24, 2.45) is 5.92 Å². The van der Waals surface area contributed by atoms with Crippen molar-refractivity contribution in [2.45, 2.75) is 70.1 Å². The number of pyridine rings is 1. The van der Waals surface area contributed by atoms with Gasteiger partial charge >= 0.3 is 6.09 Å². The number of carbonyl (C=O) groups excluding carboxylic acids is 1. The van der Waals surface area contributed by atoms with Gasteiger partial charge in [0.15, 0.2) is 17.1 Å². The zero-order chi connectivity index (χ0) is 26.2. The number of alkyl carbamates (subject to hydrolysis) is 1. The Morgan fingerprint density at radius 3 is 2.81 bits per heavy atom. The molecule has 196 valence electrons. The number of nitrogens with zero attached hydrogens (tertiary/aromatic N) is 4. The first-order chi connectivity index (χ1) is 17.5. The molecule has 3 aromatic rings. The van der Waals surface area contributed by atoms with Crippen molar-refractivity contribution in [3.8, 4) is 0 Å². The SMILES string of the molecule is Cc1cc(N2CC[C@](C)(c3ccccc3Cl)C2)cn2nc(C34CC(CO3)C4NC(=O)OC(C)(C)C)nc12. The molecule has 37 heavy (non-hydrogen) atoms. The second kappa shape index (κ2) is 8.33. The summed E-state index contributed by atoms with van der Waals surface area (Å²) in [6.07, 6.45) is 3.43. The molecule has 3 saturated heterocycles. The van der Waals surface area contributed by atoms with Crippen LogP contribution in [0.5, 0.6) is 0 Å². The fraction of sp³-hybridized carbons (Fsp3) is 0.536. The molecule has 4 aliphatic rings. The number of aryl methyl sites for hydroxylation is 1. The van der Waals surface area contributed by atoms with E-state index in [9.17, 15) is 4.79 Å². The molecule has 1 N–H and O–H groups in total. The average Bonchev–Trinajstić information content (AvgIpc) is 3.58. The summed E-state index contributed by atoms with van der Waals surface area (Å²) >= 11 is 6.56. The Bertz CT molecular complexity index is 1380. The van der Waals surface area contributed by atoms with E-state index < -0.39 is 17.3 Å². The predicted octanol–water partition coefficient (Wildman–Crippen LogP) is 5.00. The number of fused-ring (bicyclic) bond motifs is 2. The summed E-state index contributed by atoms with van der Waals surface area (Å²) in [5, 5.41) is 8.73. The van der Waals surface area contributed by atoms with Crippen molar-refractivity contribution in [1.82, 2.24) is 19.9 Å². The number of hydrogen-bond donors (Lipinski definition) is 1. The molecular formula is C28H34ClN5O3. The second-order valence-corrected chi connectivity index (χ2v) is 12.5. The summed E-state index contributed by atoms with van der Waals surface area (Å²) in [4.78, 5) is 19.8. The van der Waals surface area contributed by atoms with Crippen molar-refractivity contribution in [3.63, 3.8) is 0 Å². The van der Waals surface area contributed by atoms with Gasteiger partial charge in [0.05, 0.1) is 24.5 Å². The highest BCUT2D eigenvalue weighted by Gasteiger charge is 2.65. The van der Waals surface area contributed by atoms with Crippen LogP contribution in [0.15, 0.2) is 36.5 Å². The molecule has 2 bridgehead atoms. The molecule has 1 aromatic carbocycles. The van der Waals surface area contributed by atoms with Gasteiger partial charge in [-0.25, -0.2) is 14.3 Å². The molecule has 1 saturated carbocycles. The lowest BCUT2D eigenvalue weighted by Crippen LogP contribution is -2.60. The minimum Gasteiger partial charge on any atom is -0.444 e. The topological polar surface area (TPSA) is 81.0 Å². The molecule has 3 unspecified atom stereocenters. The maximum Gasteiger partial charge on any atom is 0.407 e. The van der Waals surface area contributed by atoms with Gasteiger partial charge in [0.25, 0.3) is 0 Å². The van der Waals surface area contributed by atoms with Crippen LogP contribution in [0.25, 0.3) is 5.65 Å². The van der Waals surface area contributed by atoms with Crippen LogP contribution in [0.2, 0.25) is 5.02 Å². The number of nitrogens with one attached hydrogen (secondary N) is 1. The minimum absolute atomic E-state index is 0.0210. The van der Waals surface area contributed by atoms with Crippen molar-refractivity contribution in [1.29, 1.82) is 0 Å². The maximum absolute atomic E-state index is 12.5. The number of carbonyl (C=O) groups is 1. The Morgan fingerprint density at radius 2 is 2.08 bits per heavy atom. The molecule has 9 heteroatoms. The maximum atomic E-state index is 12.5. The van der Waals surface area contributed by atoms with Crippen molar-refractivity contribution >= 4 is 29.0 Å². The smallest absolute Gasteiger partial charge is 0.407 e. The Morgan fingerprint density at radius 1 is 1.30 bits per heavy atom. The molecular weight excluding hydrogens is 490 g/mol. The Hall–Kier alpha value is -2.84.